The molecular weight excluding hydrogens is 341 g/mol. The molecule has 2 aliphatic rings. The van der Waals surface area contributed by atoms with Crippen LogP contribution in [0.1, 0.15) is 36.0 Å². The minimum absolute atomic E-state index is 0.111. The summed E-state index contributed by atoms with van der Waals surface area (Å²) in [5, 5.41) is 2.99. The van der Waals surface area contributed by atoms with E-state index in [1.165, 1.54) is 18.2 Å². The summed E-state index contributed by atoms with van der Waals surface area (Å²) in [4.78, 5) is 12.2. The molecule has 1 spiro atoms. The Morgan fingerprint density at radius 1 is 1.29 bits per heavy atom. The fourth-order valence-electron chi connectivity index (χ4n) is 2.89. The van der Waals surface area contributed by atoms with Gasteiger partial charge < -0.3 is 14.8 Å². The summed E-state index contributed by atoms with van der Waals surface area (Å²) in [6.45, 7) is 1.31. The van der Waals surface area contributed by atoms with Crippen LogP contribution in [0.5, 0.6) is 0 Å². The van der Waals surface area contributed by atoms with Gasteiger partial charge in [-0.1, -0.05) is 0 Å². The number of carbonyl (C=O) groups is 1. The van der Waals surface area contributed by atoms with Crippen LogP contribution in [0.3, 0.4) is 0 Å². The normalized spacial score (nSPS) is 21.6. The maximum atomic E-state index is 13.2. The average molecular weight is 358 g/mol. The molecule has 1 aromatic rings. The number of nitrogens with one attached hydrogen (secondary N) is 1. The fraction of sp³-hybridized carbons (Fsp3) is 0.533. The van der Waals surface area contributed by atoms with Crippen LogP contribution in [-0.4, -0.2) is 30.9 Å². The lowest BCUT2D eigenvalue weighted by atomic mass is 9.90. The summed E-state index contributed by atoms with van der Waals surface area (Å²) in [5.41, 5.74) is 0.455. The first-order valence-electron chi connectivity index (χ1n) is 7.12. The van der Waals surface area contributed by atoms with Crippen molar-refractivity contribution in [2.75, 3.05) is 13.2 Å². The first kappa shape index (κ1) is 14.9. The third-order valence-electron chi connectivity index (χ3n) is 4.08. The zero-order chi connectivity index (χ0) is 14.9. The summed E-state index contributed by atoms with van der Waals surface area (Å²) in [5.74, 6) is -0.966. The standard InChI is InChI=1S/C15H17BrFNO3/c16-12-9-10(1-2-13(12)17)14(19)18-11-3-5-15(6-4-11)20-7-8-21-15/h1-2,9,11H,3-8H2,(H,18,19). The van der Waals surface area contributed by atoms with E-state index in [9.17, 15) is 9.18 Å². The van der Waals surface area contributed by atoms with Crippen molar-refractivity contribution in [2.45, 2.75) is 37.5 Å². The second-order valence-corrected chi connectivity index (χ2v) is 6.34. The fourth-order valence-corrected chi connectivity index (χ4v) is 3.27. The monoisotopic (exact) mass is 357 g/mol. The van der Waals surface area contributed by atoms with Crippen molar-refractivity contribution in [3.8, 4) is 0 Å². The Labute approximate surface area is 131 Å². The molecule has 3 rings (SSSR count). The van der Waals surface area contributed by atoms with Crippen LogP contribution in [0.2, 0.25) is 0 Å². The highest BCUT2D eigenvalue weighted by Crippen LogP contribution is 2.35. The van der Waals surface area contributed by atoms with E-state index in [4.69, 9.17) is 9.47 Å². The summed E-state index contributed by atoms with van der Waals surface area (Å²) in [6, 6.07) is 4.38. The van der Waals surface area contributed by atoms with Gasteiger partial charge in [-0.3, -0.25) is 4.79 Å². The Hall–Kier alpha value is -0.980. The molecule has 0 atom stereocenters. The predicted molar refractivity (Wildman–Crippen MR) is 78.5 cm³/mol. The van der Waals surface area contributed by atoms with Gasteiger partial charge in [0.05, 0.1) is 17.7 Å². The van der Waals surface area contributed by atoms with E-state index in [2.05, 4.69) is 21.2 Å². The molecule has 1 saturated carbocycles. The first-order chi connectivity index (χ1) is 10.1. The van der Waals surface area contributed by atoms with Crippen molar-refractivity contribution in [3.63, 3.8) is 0 Å². The molecule has 1 N–H and O–H groups in total. The van der Waals surface area contributed by atoms with Gasteiger partial charge in [0.15, 0.2) is 5.79 Å². The van der Waals surface area contributed by atoms with Crippen molar-refractivity contribution < 1.29 is 18.7 Å². The number of ether oxygens (including phenoxy) is 2. The first-order valence-corrected chi connectivity index (χ1v) is 7.91. The minimum Gasteiger partial charge on any atom is -0.349 e. The van der Waals surface area contributed by atoms with Crippen molar-refractivity contribution in [3.05, 3.63) is 34.1 Å². The summed E-state index contributed by atoms with van der Waals surface area (Å²) in [7, 11) is 0. The van der Waals surface area contributed by atoms with Gasteiger partial charge in [-0.05, 0) is 47.0 Å². The molecule has 21 heavy (non-hydrogen) atoms. The summed E-state index contributed by atoms with van der Waals surface area (Å²) < 4.78 is 24.8. The second-order valence-electron chi connectivity index (χ2n) is 5.48. The second kappa shape index (κ2) is 6.02. The molecule has 0 radical (unpaired) electrons. The van der Waals surface area contributed by atoms with E-state index < -0.39 is 5.79 Å². The molecule has 1 aliphatic heterocycles. The van der Waals surface area contributed by atoms with E-state index in [-0.39, 0.29) is 17.8 Å². The Bertz CT molecular complexity index is 536. The lowest BCUT2D eigenvalue weighted by Crippen LogP contribution is -2.44. The van der Waals surface area contributed by atoms with Gasteiger partial charge in [0.25, 0.3) is 5.91 Å². The number of rotatable bonds is 2. The van der Waals surface area contributed by atoms with Crippen molar-refractivity contribution in [2.24, 2.45) is 0 Å². The third-order valence-corrected chi connectivity index (χ3v) is 4.69. The molecule has 1 aliphatic carbocycles. The lowest BCUT2D eigenvalue weighted by Gasteiger charge is -2.35. The van der Waals surface area contributed by atoms with Gasteiger partial charge in [0.2, 0.25) is 0 Å². The zero-order valence-corrected chi connectivity index (χ0v) is 13.1. The number of hydrogen-bond donors (Lipinski definition) is 1. The highest BCUT2D eigenvalue weighted by Gasteiger charge is 2.40. The Balaban J connectivity index is 1.57. The Morgan fingerprint density at radius 3 is 2.57 bits per heavy atom. The van der Waals surface area contributed by atoms with E-state index in [1.807, 2.05) is 0 Å². The summed E-state index contributed by atoms with van der Waals surface area (Å²) >= 11 is 3.09. The third kappa shape index (κ3) is 3.27. The van der Waals surface area contributed by atoms with Crippen LogP contribution in [0, 0.1) is 5.82 Å². The zero-order valence-electron chi connectivity index (χ0n) is 11.5. The average Bonchev–Trinajstić information content (AvgIpc) is 2.93. The highest BCUT2D eigenvalue weighted by molar-refractivity contribution is 9.10. The largest absolute Gasteiger partial charge is 0.349 e. The van der Waals surface area contributed by atoms with Gasteiger partial charge in [0, 0.05) is 24.4 Å². The molecule has 1 heterocycles. The van der Waals surface area contributed by atoms with Gasteiger partial charge >= 0.3 is 0 Å². The molecule has 0 bridgehead atoms. The number of halogens is 2. The van der Waals surface area contributed by atoms with Crippen LogP contribution < -0.4 is 5.32 Å². The molecule has 2 fully saturated rings. The van der Waals surface area contributed by atoms with Crippen LogP contribution in [0.25, 0.3) is 0 Å². The molecule has 0 aromatic heterocycles. The molecule has 1 saturated heterocycles. The van der Waals surface area contributed by atoms with E-state index >= 15 is 0 Å². The van der Waals surface area contributed by atoms with Crippen molar-refractivity contribution in [1.29, 1.82) is 0 Å². The number of benzene rings is 1. The van der Waals surface area contributed by atoms with Crippen molar-refractivity contribution >= 4 is 21.8 Å². The molecule has 6 heteroatoms. The van der Waals surface area contributed by atoms with Gasteiger partial charge in [-0.2, -0.15) is 0 Å². The van der Waals surface area contributed by atoms with Crippen molar-refractivity contribution in [1.82, 2.24) is 5.32 Å². The smallest absolute Gasteiger partial charge is 0.251 e. The van der Waals surface area contributed by atoms with Gasteiger partial charge in [-0.25, -0.2) is 4.39 Å². The lowest BCUT2D eigenvalue weighted by molar-refractivity contribution is -0.179. The van der Waals surface area contributed by atoms with Crippen LogP contribution >= 0.6 is 15.9 Å². The molecule has 114 valence electrons. The van der Waals surface area contributed by atoms with Crippen LogP contribution in [-0.2, 0) is 9.47 Å². The number of hydrogen-bond acceptors (Lipinski definition) is 3. The number of amides is 1. The number of carbonyl (C=O) groups excluding carboxylic acids is 1. The SMILES string of the molecule is O=C(NC1CCC2(CC1)OCCO2)c1ccc(F)c(Br)c1. The van der Waals surface area contributed by atoms with E-state index in [0.717, 1.165) is 25.7 Å². The van der Waals surface area contributed by atoms with E-state index in [0.29, 0.717) is 23.2 Å². The Kier molecular flexibility index (Phi) is 4.28. The van der Waals surface area contributed by atoms with Gasteiger partial charge in [-0.15, -0.1) is 0 Å². The molecule has 4 nitrogen and oxygen atoms in total. The molecular formula is C15H17BrFNO3. The van der Waals surface area contributed by atoms with Gasteiger partial charge in [0.1, 0.15) is 5.82 Å². The maximum Gasteiger partial charge on any atom is 0.251 e. The Morgan fingerprint density at radius 2 is 1.95 bits per heavy atom. The maximum absolute atomic E-state index is 13.2. The predicted octanol–water partition coefficient (Wildman–Crippen LogP) is 3.00. The molecule has 1 aromatic carbocycles. The minimum atomic E-state index is -0.417. The highest BCUT2D eigenvalue weighted by atomic mass is 79.9. The summed E-state index contributed by atoms with van der Waals surface area (Å²) in [6.07, 6.45) is 3.25. The molecule has 1 amide bonds. The van der Waals surface area contributed by atoms with E-state index in [1.54, 1.807) is 0 Å². The quantitative estimate of drug-likeness (QED) is 0.884. The van der Waals surface area contributed by atoms with Crippen LogP contribution in [0.4, 0.5) is 4.39 Å². The van der Waals surface area contributed by atoms with Crippen LogP contribution in [0.15, 0.2) is 22.7 Å². The topological polar surface area (TPSA) is 47.6 Å². The molecule has 0 unspecified atom stereocenters.